The van der Waals surface area contributed by atoms with Crippen molar-refractivity contribution in [2.24, 2.45) is 0 Å². The molecule has 0 aliphatic heterocycles. The Hall–Kier alpha value is -1.15. The fourth-order valence-electron chi connectivity index (χ4n) is 1.42. The van der Waals surface area contributed by atoms with E-state index in [1.807, 2.05) is 37.2 Å². The number of rotatable bonds is 3. The van der Waals surface area contributed by atoms with Crippen LogP contribution in [0.5, 0.6) is 0 Å². The topological polar surface area (TPSA) is 68.2 Å². The number of nitrogens with two attached hydrogens (primary N) is 1. The molecule has 1 aromatic carbocycles. The lowest BCUT2D eigenvalue weighted by Crippen LogP contribution is -2.11. The highest BCUT2D eigenvalue weighted by molar-refractivity contribution is 14.1. The number of halogens is 1. The van der Waals surface area contributed by atoms with Gasteiger partial charge in [0.1, 0.15) is 0 Å². The van der Waals surface area contributed by atoms with Gasteiger partial charge in [0.15, 0.2) is 5.82 Å². The zero-order chi connectivity index (χ0) is 12.4. The van der Waals surface area contributed by atoms with Crippen molar-refractivity contribution in [3.63, 3.8) is 0 Å². The maximum Gasteiger partial charge on any atom is 0.260 e. The minimum Gasteiger partial charge on any atom is -0.398 e. The van der Waals surface area contributed by atoms with Crippen LogP contribution in [0.2, 0.25) is 0 Å². The molecule has 2 aromatic rings. The van der Waals surface area contributed by atoms with Crippen LogP contribution in [0.1, 0.15) is 5.82 Å². The van der Waals surface area contributed by atoms with Gasteiger partial charge in [-0.1, -0.05) is 5.16 Å². The van der Waals surface area contributed by atoms with Crippen molar-refractivity contribution in [1.82, 2.24) is 15.0 Å². The van der Waals surface area contributed by atoms with Gasteiger partial charge in [-0.15, -0.1) is 0 Å². The first-order chi connectivity index (χ1) is 8.06. The number of benzene rings is 1. The van der Waals surface area contributed by atoms with Crippen molar-refractivity contribution in [1.29, 1.82) is 0 Å². The van der Waals surface area contributed by atoms with E-state index in [-0.39, 0.29) is 0 Å². The molecule has 1 heterocycles. The van der Waals surface area contributed by atoms with E-state index in [9.17, 15) is 0 Å². The summed E-state index contributed by atoms with van der Waals surface area (Å²) in [5.74, 6) is 1.13. The Morgan fingerprint density at radius 1 is 1.41 bits per heavy atom. The molecule has 0 unspecified atom stereocenters. The highest BCUT2D eigenvalue weighted by Gasteiger charge is 2.12. The lowest BCUT2D eigenvalue weighted by Gasteiger charge is -2.03. The average Bonchev–Trinajstić information content (AvgIpc) is 2.69. The normalized spacial score (nSPS) is 11.1. The van der Waals surface area contributed by atoms with E-state index in [4.69, 9.17) is 10.3 Å². The monoisotopic (exact) mass is 344 g/mol. The predicted molar refractivity (Wildman–Crippen MR) is 74.3 cm³/mol. The Kier molecular flexibility index (Phi) is 3.63. The zero-order valence-electron chi connectivity index (χ0n) is 9.64. The van der Waals surface area contributed by atoms with Crippen molar-refractivity contribution in [3.05, 3.63) is 27.6 Å². The quantitative estimate of drug-likeness (QED) is 0.681. The second-order valence-corrected chi connectivity index (χ2v) is 5.23. The minimum absolute atomic E-state index is 0.470. The number of nitrogens with zero attached hydrogens (tertiary/aromatic N) is 3. The Bertz CT molecular complexity index is 524. The molecule has 0 saturated heterocycles. The van der Waals surface area contributed by atoms with Crippen LogP contribution in [0.25, 0.3) is 11.5 Å². The molecule has 0 fully saturated rings. The SMILES string of the molecule is CN(C)Cc1noc(-c2cc(I)ccc2N)n1. The number of aromatic nitrogens is 2. The van der Waals surface area contributed by atoms with Crippen molar-refractivity contribution >= 4 is 28.3 Å². The molecule has 2 N–H and O–H groups in total. The molecule has 0 atom stereocenters. The Balaban J connectivity index is 2.33. The van der Waals surface area contributed by atoms with Gasteiger partial charge in [-0.3, -0.25) is 0 Å². The van der Waals surface area contributed by atoms with Gasteiger partial charge in [0.05, 0.1) is 12.1 Å². The van der Waals surface area contributed by atoms with Gasteiger partial charge in [-0.2, -0.15) is 4.98 Å². The maximum atomic E-state index is 5.89. The lowest BCUT2D eigenvalue weighted by atomic mass is 10.2. The summed E-state index contributed by atoms with van der Waals surface area (Å²) in [5.41, 5.74) is 7.32. The van der Waals surface area contributed by atoms with Crippen molar-refractivity contribution in [2.75, 3.05) is 19.8 Å². The summed E-state index contributed by atoms with van der Waals surface area (Å²) in [6.07, 6.45) is 0. The molecule has 0 aliphatic carbocycles. The second-order valence-electron chi connectivity index (χ2n) is 3.99. The molecular formula is C11H13IN4O. The number of anilines is 1. The van der Waals surface area contributed by atoms with E-state index in [1.54, 1.807) is 0 Å². The fraction of sp³-hybridized carbons (Fsp3) is 0.273. The summed E-state index contributed by atoms with van der Waals surface area (Å²) in [7, 11) is 3.91. The van der Waals surface area contributed by atoms with Gasteiger partial charge < -0.3 is 15.2 Å². The van der Waals surface area contributed by atoms with Crippen LogP contribution < -0.4 is 5.73 Å². The van der Waals surface area contributed by atoms with Gasteiger partial charge in [0.2, 0.25) is 0 Å². The zero-order valence-corrected chi connectivity index (χ0v) is 11.8. The Morgan fingerprint density at radius 3 is 2.88 bits per heavy atom. The van der Waals surface area contributed by atoms with Gasteiger partial charge >= 0.3 is 0 Å². The summed E-state index contributed by atoms with van der Waals surface area (Å²) in [4.78, 5) is 6.30. The molecule has 5 nitrogen and oxygen atoms in total. The molecule has 17 heavy (non-hydrogen) atoms. The Morgan fingerprint density at radius 2 is 2.18 bits per heavy atom. The minimum atomic E-state index is 0.470. The van der Waals surface area contributed by atoms with E-state index in [0.29, 0.717) is 23.9 Å². The molecule has 0 bridgehead atoms. The molecule has 90 valence electrons. The average molecular weight is 344 g/mol. The largest absolute Gasteiger partial charge is 0.398 e. The van der Waals surface area contributed by atoms with E-state index in [2.05, 4.69) is 32.7 Å². The third-order valence-corrected chi connectivity index (χ3v) is 2.84. The lowest BCUT2D eigenvalue weighted by molar-refractivity contribution is 0.365. The summed E-state index contributed by atoms with van der Waals surface area (Å²) in [6, 6.07) is 5.71. The van der Waals surface area contributed by atoms with Gasteiger partial charge in [0.25, 0.3) is 5.89 Å². The highest BCUT2D eigenvalue weighted by atomic mass is 127. The standard InChI is InChI=1S/C11H13IN4O/c1-16(2)6-10-14-11(17-15-10)8-5-7(12)3-4-9(8)13/h3-5H,6,13H2,1-2H3. The molecule has 0 spiro atoms. The van der Waals surface area contributed by atoms with Crippen molar-refractivity contribution in [3.8, 4) is 11.5 Å². The van der Waals surface area contributed by atoms with Gasteiger partial charge in [-0.05, 0) is 54.9 Å². The molecule has 0 aliphatic rings. The van der Waals surface area contributed by atoms with E-state index in [1.165, 1.54) is 0 Å². The van der Waals surface area contributed by atoms with Gasteiger partial charge in [0, 0.05) is 9.26 Å². The Labute approximate surface area is 113 Å². The summed E-state index contributed by atoms with van der Waals surface area (Å²) < 4.78 is 6.30. The number of hydrogen-bond donors (Lipinski definition) is 1. The molecule has 0 radical (unpaired) electrons. The van der Waals surface area contributed by atoms with Crippen LogP contribution in [0.3, 0.4) is 0 Å². The first-order valence-electron chi connectivity index (χ1n) is 5.09. The van der Waals surface area contributed by atoms with E-state index < -0.39 is 0 Å². The third-order valence-electron chi connectivity index (χ3n) is 2.17. The summed E-state index contributed by atoms with van der Waals surface area (Å²) >= 11 is 2.22. The summed E-state index contributed by atoms with van der Waals surface area (Å²) in [5, 5.41) is 3.92. The van der Waals surface area contributed by atoms with Crippen LogP contribution in [0.4, 0.5) is 5.69 Å². The fourth-order valence-corrected chi connectivity index (χ4v) is 1.92. The van der Waals surface area contributed by atoms with Crippen LogP contribution in [-0.4, -0.2) is 29.1 Å². The highest BCUT2D eigenvalue weighted by Crippen LogP contribution is 2.26. The van der Waals surface area contributed by atoms with Crippen molar-refractivity contribution < 1.29 is 4.52 Å². The smallest absolute Gasteiger partial charge is 0.260 e. The van der Waals surface area contributed by atoms with Crippen LogP contribution >= 0.6 is 22.6 Å². The molecule has 0 amide bonds. The number of hydrogen-bond acceptors (Lipinski definition) is 5. The maximum absolute atomic E-state index is 5.89. The molecule has 2 rings (SSSR count). The van der Waals surface area contributed by atoms with Gasteiger partial charge in [-0.25, -0.2) is 0 Å². The van der Waals surface area contributed by atoms with E-state index in [0.717, 1.165) is 9.13 Å². The van der Waals surface area contributed by atoms with Crippen LogP contribution in [-0.2, 0) is 6.54 Å². The molecule has 1 aromatic heterocycles. The van der Waals surface area contributed by atoms with E-state index >= 15 is 0 Å². The number of nitrogen functional groups attached to an aromatic ring is 1. The first-order valence-corrected chi connectivity index (χ1v) is 6.17. The van der Waals surface area contributed by atoms with Crippen LogP contribution in [0.15, 0.2) is 22.7 Å². The molecule has 0 saturated carbocycles. The molecule has 6 heteroatoms. The predicted octanol–water partition coefficient (Wildman–Crippen LogP) is 1.98. The summed E-state index contributed by atoms with van der Waals surface area (Å²) in [6.45, 7) is 0.646. The van der Waals surface area contributed by atoms with Crippen molar-refractivity contribution in [2.45, 2.75) is 6.54 Å². The van der Waals surface area contributed by atoms with Crippen LogP contribution in [0, 0.1) is 3.57 Å². The third kappa shape index (κ3) is 2.95. The second kappa shape index (κ2) is 5.01. The molecular weight excluding hydrogens is 331 g/mol. The first kappa shape index (κ1) is 12.3.